The Morgan fingerprint density at radius 3 is 2.40 bits per heavy atom. The lowest BCUT2D eigenvalue weighted by Gasteiger charge is -2.50. The number of ether oxygens (including phenoxy) is 1. The van der Waals surface area contributed by atoms with E-state index in [4.69, 9.17) is 10.5 Å². The van der Waals surface area contributed by atoms with Gasteiger partial charge in [0.1, 0.15) is 5.60 Å². The molecule has 0 aromatic heterocycles. The summed E-state index contributed by atoms with van der Waals surface area (Å²) in [7, 11) is 0. The summed E-state index contributed by atoms with van der Waals surface area (Å²) >= 11 is 0. The van der Waals surface area contributed by atoms with Gasteiger partial charge in [-0.1, -0.05) is 30.3 Å². The Kier molecular flexibility index (Phi) is 4.04. The minimum Gasteiger partial charge on any atom is -0.444 e. The number of carbonyl (C=O) groups excluding carboxylic acids is 1. The summed E-state index contributed by atoms with van der Waals surface area (Å²) in [5.74, 6) is 0. The van der Waals surface area contributed by atoms with Gasteiger partial charge in [-0.25, -0.2) is 4.79 Å². The maximum atomic E-state index is 12.0. The largest absolute Gasteiger partial charge is 0.444 e. The van der Waals surface area contributed by atoms with Crippen LogP contribution in [0.4, 0.5) is 4.79 Å². The number of hydrogen-bond donors (Lipinski definition) is 1. The maximum absolute atomic E-state index is 12.0. The lowest BCUT2D eigenvalue weighted by Crippen LogP contribution is -2.62. The Morgan fingerprint density at radius 1 is 1.30 bits per heavy atom. The van der Waals surface area contributed by atoms with Gasteiger partial charge in [0.15, 0.2) is 0 Å². The summed E-state index contributed by atoms with van der Waals surface area (Å²) in [6, 6.07) is 10.3. The van der Waals surface area contributed by atoms with Crippen molar-refractivity contribution in [3.8, 4) is 0 Å². The van der Waals surface area contributed by atoms with E-state index in [2.05, 4.69) is 12.1 Å². The number of carbonyl (C=O) groups is 1. The van der Waals surface area contributed by atoms with Gasteiger partial charge < -0.3 is 15.4 Å². The summed E-state index contributed by atoms with van der Waals surface area (Å²) in [4.78, 5) is 13.8. The van der Waals surface area contributed by atoms with Crippen LogP contribution in [0.15, 0.2) is 30.3 Å². The molecule has 1 aliphatic heterocycles. The fraction of sp³-hybridized carbons (Fsp3) is 0.562. The first-order chi connectivity index (χ1) is 9.36. The number of nitrogens with two attached hydrogens (primary N) is 1. The minimum atomic E-state index is -0.448. The van der Waals surface area contributed by atoms with Crippen LogP contribution in [-0.2, 0) is 10.2 Å². The molecular weight excluding hydrogens is 252 g/mol. The predicted octanol–water partition coefficient (Wildman–Crippen LogP) is 2.52. The molecule has 0 unspecified atom stereocenters. The van der Waals surface area contributed by atoms with Crippen molar-refractivity contribution < 1.29 is 9.53 Å². The van der Waals surface area contributed by atoms with Crippen LogP contribution >= 0.6 is 0 Å². The van der Waals surface area contributed by atoms with E-state index in [0.717, 1.165) is 6.42 Å². The normalized spacial score (nSPS) is 17.5. The third-order valence-electron chi connectivity index (χ3n) is 3.65. The van der Waals surface area contributed by atoms with E-state index in [1.807, 2.05) is 39.0 Å². The van der Waals surface area contributed by atoms with Crippen LogP contribution in [0.5, 0.6) is 0 Å². The molecule has 2 rings (SSSR count). The molecule has 1 aromatic rings. The van der Waals surface area contributed by atoms with Gasteiger partial charge in [-0.2, -0.15) is 0 Å². The van der Waals surface area contributed by atoms with E-state index < -0.39 is 5.60 Å². The molecule has 1 fully saturated rings. The van der Waals surface area contributed by atoms with Crippen molar-refractivity contribution >= 4 is 6.09 Å². The van der Waals surface area contributed by atoms with Crippen LogP contribution in [0, 0.1) is 0 Å². The van der Waals surface area contributed by atoms with Crippen molar-refractivity contribution in [2.24, 2.45) is 5.73 Å². The van der Waals surface area contributed by atoms with Crippen LogP contribution in [0.3, 0.4) is 0 Å². The lowest BCUT2D eigenvalue weighted by atomic mass is 9.71. The summed E-state index contributed by atoms with van der Waals surface area (Å²) in [6.45, 7) is 7.64. The Balaban J connectivity index is 2.05. The fourth-order valence-corrected chi connectivity index (χ4v) is 2.69. The highest BCUT2D eigenvalue weighted by Gasteiger charge is 2.46. The molecule has 1 amide bonds. The summed E-state index contributed by atoms with van der Waals surface area (Å²) in [5, 5.41) is 0. The van der Waals surface area contributed by atoms with Crippen molar-refractivity contribution in [1.82, 2.24) is 4.90 Å². The van der Waals surface area contributed by atoms with Crippen molar-refractivity contribution in [3.63, 3.8) is 0 Å². The molecule has 0 spiro atoms. The van der Waals surface area contributed by atoms with Crippen LogP contribution in [-0.4, -0.2) is 36.2 Å². The SMILES string of the molecule is CC(C)(C)OC(=O)N1CC(CCN)(c2ccccc2)C1. The van der Waals surface area contributed by atoms with E-state index in [1.165, 1.54) is 5.56 Å². The van der Waals surface area contributed by atoms with E-state index in [0.29, 0.717) is 19.6 Å². The number of benzene rings is 1. The van der Waals surface area contributed by atoms with Gasteiger partial charge in [0.05, 0.1) is 0 Å². The quantitative estimate of drug-likeness (QED) is 0.923. The zero-order valence-corrected chi connectivity index (χ0v) is 12.6. The van der Waals surface area contributed by atoms with Gasteiger partial charge in [-0.3, -0.25) is 0 Å². The second-order valence-corrected chi connectivity index (χ2v) is 6.52. The number of amides is 1. The van der Waals surface area contributed by atoms with E-state index >= 15 is 0 Å². The highest BCUT2D eigenvalue weighted by molar-refractivity contribution is 5.70. The average molecular weight is 276 g/mol. The molecule has 0 atom stereocenters. The average Bonchev–Trinajstić information content (AvgIpc) is 2.32. The Labute approximate surface area is 120 Å². The van der Waals surface area contributed by atoms with Crippen LogP contribution < -0.4 is 5.73 Å². The predicted molar refractivity (Wildman–Crippen MR) is 79.6 cm³/mol. The second kappa shape index (κ2) is 5.44. The molecule has 1 saturated heterocycles. The first-order valence-electron chi connectivity index (χ1n) is 7.10. The van der Waals surface area contributed by atoms with Crippen molar-refractivity contribution in [3.05, 3.63) is 35.9 Å². The van der Waals surface area contributed by atoms with Crippen molar-refractivity contribution in [2.75, 3.05) is 19.6 Å². The molecule has 1 aromatic carbocycles. The zero-order valence-electron chi connectivity index (χ0n) is 12.6. The lowest BCUT2D eigenvalue weighted by molar-refractivity contribution is -0.0113. The smallest absolute Gasteiger partial charge is 0.410 e. The second-order valence-electron chi connectivity index (χ2n) is 6.52. The minimum absolute atomic E-state index is 0.00703. The molecule has 1 heterocycles. The molecule has 0 radical (unpaired) electrons. The summed E-state index contributed by atoms with van der Waals surface area (Å²) < 4.78 is 5.40. The molecule has 110 valence electrons. The van der Waals surface area contributed by atoms with Crippen LogP contribution in [0.1, 0.15) is 32.8 Å². The van der Waals surface area contributed by atoms with Gasteiger partial charge in [-0.05, 0) is 39.3 Å². The summed E-state index contributed by atoms with van der Waals surface area (Å²) in [5.41, 5.74) is 6.55. The third-order valence-corrected chi connectivity index (χ3v) is 3.65. The van der Waals surface area contributed by atoms with Gasteiger partial charge in [0.2, 0.25) is 0 Å². The number of nitrogens with zero attached hydrogens (tertiary/aromatic N) is 1. The molecule has 4 nitrogen and oxygen atoms in total. The van der Waals surface area contributed by atoms with Gasteiger partial charge >= 0.3 is 6.09 Å². The van der Waals surface area contributed by atoms with Crippen LogP contribution in [0.2, 0.25) is 0 Å². The maximum Gasteiger partial charge on any atom is 0.410 e. The highest BCUT2D eigenvalue weighted by Crippen LogP contribution is 2.38. The number of likely N-dealkylation sites (tertiary alicyclic amines) is 1. The standard InChI is InChI=1S/C16H24N2O2/c1-15(2,3)20-14(19)18-11-16(12-18,9-10-17)13-7-5-4-6-8-13/h4-8H,9-12,17H2,1-3H3. The fourth-order valence-electron chi connectivity index (χ4n) is 2.69. The summed E-state index contributed by atoms with van der Waals surface area (Å²) in [6.07, 6.45) is 0.650. The van der Waals surface area contributed by atoms with Gasteiger partial charge in [0, 0.05) is 18.5 Å². The molecular formula is C16H24N2O2. The zero-order chi connectivity index (χ0) is 14.8. The first kappa shape index (κ1) is 14.9. The third kappa shape index (κ3) is 3.12. The van der Waals surface area contributed by atoms with Crippen molar-refractivity contribution in [1.29, 1.82) is 0 Å². The molecule has 1 aliphatic rings. The van der Waals surface area contributed by atoms with Crippen LogP contribution in [0.25, 0.3) is 0 Å². The molecule has 0 bridgehead atoms. The Bertz CT molecular complexity index is 459. The molecule has 0 aliphatic carbocycles. The molecule has 20 heavy (non-hydrogen) atoms. The topological polar surface area (TPSA) is 55.6 Å². The molecule has 0 saturated carbocycles. The van der Waals surface area contributed by atoms with Gasteiger partial charge in [0.25, 0.3) is 0 Å². The Hall–Kier alpha value is -1.55. The van der Waals surface area contributed by atoms with Crippen molar-refractivity contribution in [2.45, 2.75) is 38.2 Å². The first-order valence-corrected chi connectivity index (χ1v) is 7.10. The van der Waals surface area contributed by atoms with E-state index in [-0.39, 0.29) is 11.5 Å². The molecule has 2 N–H and O–H groups in total. The Morgan fingerprint density at radius 2 is 1.90 bits per heavy atom. The monoisotopic (exact) mass is 276 g/mol. The highest BCUT2D eigenvalue weighted by atomic mass is 16.6. The number of hydrogen-bond acceptors (Lipinski definition) is 3. The van der Waals surface area contributed by atoms with E-state index in [1.54, 1.807) is 4.90 Å². The van der Waals surface area contributed by atoms with Gasteiger partial charge in [-0.15, -0.1) is 0 Å². The number of rotatable bonds is 3. The molecule has 4 heteroatoms. The van der Waals surface area contributed by atoms with E-state index in [9.17, 15) is 4.79 Å².